The van der Waals surface area contributed by atoms with Crippen LogP contribution in [0.15, 0.2) is 48.5 Å². The van der Waals surface area contributed by atoms with E-state index in [-0.39, 0.29) is 23.7 Å². The highest BCUT2D eigenvalue weighted by Gasteiger charge is 2.47. The molecule has 27 heavy (non-hydrogen) atoms. The Morgan fingerprint density at radius 3 is 2.41 bits per heavy atom. The summed E-state index contributed by atoms with van der Waals surface area (Å²) in [4.78, 5) is 13.6. The number of hydrogen-bond acceptors (Lipinski definition) is 2. The standard InChI is InChI=1S/C23H25NO2.ClH/c25-22(26)19-14-24(15-19)20-9-10-23(13-20)12-18-7-2-1-5-16(18)11-17-6-3-4-8-21(17)23;/h1-8,19-20H,9-15H2,(H,25,26);1H. The summed E-state index contributed by atoms with van der Waals surface area (Å²) in [5.74, 6) is -0.795. The predicted molar refractivity (Wildman–Crippen MR) is 109 cm³/mol. The highest BCUT2D eigenvalue weighted by molar-refractivity contribution is 5.85. The number of carbonyl (C=O) groups is 1. The van der Waals surface area contributed by atoms with Crippen molar-refractivity contribution in [3.63, 3.8) is 0 Å². The molecule has 0 aromatic heterocycles. The topological polar surface area (TPSA) is 40.5 Å². The van der Waals surface area contributed by atoms with Crippen molar-refractivity contribution in [3.05, 3.63) is 70.8 Å². The molecule has 1 heterocycles. The average molecular weight is 384 g/mol. The van der Waals surface area contributed by atoms with E-state index in [1.54, 1.807) is 0 Å². The van der Waals surface area contributed by atoms with Gasteiger partial charge in [-0.05, 0) is 54.4 Å². The zero-order chi connectivity index (χ0) is 17.7. The Balaban J connectivity index is 0.00000180. The largest absolute Gasteiger partial charge is 0.481 e. The first-order valence-corrected chi connectivity index (χ1v) is 9.77. The maximum absolute atomic E-state index is 11.2. The van der Waals surface area contributed by atoms with E-state index in [9.17, 15) is 9.90 Å². The van der Waals surface area contributed by atoms with E-state index >= 15 is 0 Å². The third-order valence-electron chi connectivity index (χ3n) is 6.97. The fourth-order valence-electron chi connectivity index (χ4n) is 5.54. The highest BCUT2D eigenvalue weighted by atomic mass is 35.5. The number of benzene rings is 2. The van der Waals surface area contributed by atoms with Crippen molar-refractivity contribution < 1.29 is 9.90 Å². The number of likely N-dealkylation sites (tertiary alicyclic amines) is 1. The minimum atomic E-state index is -0.636. The molecular formula is C23H26ClNO2. The van der Waals surface area contributed by atoms with Gasteiger partial charge in [0.2, 0.25) is 0 Å². The Hall–Kier alpha value is -1.84. The lowest BCUT2D eigenvalue weighted by atomic mass is 9.73. The molecule has 2 aromatic carbocycles. The summed E-state index contributed by atoms with van der Waals surface area (Å²) in [6, 6.07) is 18.4. The van der Waals surface area contributed by atoms with Gasteiger partial charge in [-0.1, -0.05) is 48.5 Å². The second kappa shape index (κ2) is 6.96. The van der Waals surface area contributed by atoms with Gasteiger partial charge in [-0.2, -0.15) is 0 Å². The average Bonchev–Trinajstić information content (AvgIpc) is 2.93. The summed E-state index contributed by atoms with van der Waals surface area (Å²) >= 11 is 0. The number of nitrogens with zero attached hydrogens (tertiary/aromatic N) is 1. The van der Waals surface area contributed by atoms with Crippen LogP contribution in [0.4, 0.5) is 0 Å². The molecule has 3 nitrogen and oxygen atoms in total. The Labute approximate surface area is 166 Å². The van der Waals surface area contributed by atoms with Crippen molar-refractivity contribution in [1.29, 1.82) is 0 Å². The van der Waals surface area contributed by atoms with Gasteiger partial charge >= 0.3 is 5.97 Å². The van der Waals surface area contributed by atoms with Crippen LogP contribution in [0.5, 0.6) is 0 Å². The molecule has 0 radical (unpaired) electrons. The van der Waals surface area contributed by atoms with Crippen LogP contribution < -0.4 is 0 Å². The molecule has 142 valence electrons. The molecule has 4 heteroatoms. The number of fused-ring (bicyclic) bond motifs is 3. The second-order valence-corrected chi connectivity index (χ2v) is 8.45. The Morgan fingerprint density at radius 1 is 1.00 bits per heavy atom. The number of hydrogen-bond donors (Lipinski definition) is 1. The first kappa shape index (κ1) is 18.5. The molecule has 2 aliphatic carbocycles. The van der Waals surface area contributed by atoms with Gasteiger partial charge in [0, 0.05) is 24.5 Å². The summed E-state index contributed by atoms with van der Waals surface area (Å²) < 4.78 is 0. The molecule has 1 saturated heterocycles. The van der Waals surface area contributed by atoms with Crippen LogP contribution in [0.2, 0.25) is 0 Å². The van der Waals surface area contributed by atoms with Crippen LogP contribution in [-0.4, -0.2) is 35.1 Å². The van der Waals surface area contributed by atoms with E-state index in [4.69, 9.17) is 0 Å². The molecule has 2 unspecified atom stereocenters. The molecule has 1 saturated carbocycles. The summed E-state index contributed by atoms with van der Waals surface area (Å²) in [7, 11) is 0. The van der Waals surface area contributed by atoms with Crippen LogP contribution in [-0.2, 0) is 23.1 Å². The monoisotopic (exact) mass is 383 g/mol. The number of rotatable bonds is 2. The molecule has 0 bridgehead atoms. The summed E-state index contributed by atoms with van der Waals surface area (Å²) in [5.41, 5.74) is 6.19. The fraction of sp³-hybridized carbons (Fsp3) is 0.435. The van der Waals surface area contributed by atoms with Crippen LogP contribution in [0.25, 0.3) is 0 Å². The van der Waals surface area contributed by atoms with Crippen molar-refractivity contribution in [2.45, 2.75) is 43.6 Å². The van der Waals surface area contributed by atoms with Crippen LogP contribution in [0.3, 0.4) is 0 Å². The normalized spacial score (nSPS) is 27.2. The molecule has 1 spiro atoms. The van der Waals surface area contributed by atoms with Gasteiger partial charge in [0.15, 0.2) is 0 Å². The molecule has 2 atom stereocenters. The van der Waals surface area contributed by atoms with E-state index in [1.807, 2.05) is 0 Å². The Morgan fingerprint density at radius 2 is 1.67 bits per heavy atom. The van der Waals surface area contributed by atoms with Crippen molar-refractivity contribution in [2.24, 2.45) is 5.92 Å². The maximum Gasteiger partial charge on any atom is 0.309 e. The minimum absolute atomic E-state index is 0. The first-order valence-electron chi connectivity index (χ1n) is 9.77. The van der Waals surface area contributed by atoms with E-state index in [0.717, 1.165) is 32.4 Å². The van der Waals surface area contributed by atoms with E-state index < -0.39 is 5.97 Å². The van der Waals surface area contributed by atoms with Crippen LogP contribution >= 0.6 is 12.4 Å². The summed E-state index contributed by atoms with van der Waals surface area (Å²) in [6.45, 7) is 1.46. The minimum Gasteiger partial charge on any atom is -0.481 e. The zero-order valence-electron chi connectivity index (χ0n) is 15.4. The van der Waals surface area contributed by atoms with E-state index in [1.165, 1.54) is 35.1 Å². The van der Waals surface area contributed by atoms with Gasteiger partial charge in [-0.25, -0.2) is 0 Å². The number of carboxylic acid groups (broad SMARTS) is 1. The molecule has 5 rings (SSSR count). The molecular weight excluding hydrogens is 358 g/mol. The zero-order valence-corrected chi connectivity index (χ0v) is 16.3. The molecule has 1 N–H and O–H groups in total. The van der Waals surface area contributed by atoms with Gasteiger partial charge in [0.1, 0.15) is 0 Å². The fourth-order valence-corrected chi connectivity index (χ4v) is 5.54. The van der Waals surface area contributed by atoms with Crippen molar-refractivity contribution in [2.75, 3.05) is 13.1 Å². The SMILES string of the molecule is Cl.O=C(O)C1CN(C2CCC3(Cc4ccccc4Cc4ccccc43)C2)C1. The lowest BCUT2D eigenvalue weighted by molar-refractivity contribution is -0.148. The Kier molecular flexibility index (Phi) is 4.77. The predicted octanol–water partition coefficient (Wildman–Crippen LogP) is 4.06. The van der Waals surface area contributed by atoms with Gasteiger partial charge < -0.3 is 5.11 Å². The van der Waals surface area contributed by atoms with Gasteiger partial charge in [0.25, 0.3) is 0 Å². The highest BCUT2D eigenvalue weighted by Crippen LogP contribution is 2.49. The third kappa shape index (κ3) is 3.07. The third-order valence-corrected chi connectivity index (χ3v) is 6.97. The van der Waals surface area contributed by atoms with Gasteiger partial charge in [-0.3, -0.25) is 9.69 Å². The Bertz CT molecular complexity index is 861. The lowest BCUT2D eigenvalue weighted by Crippen LogP contribution is -2.54. The number of halogens is 1. The molecule has 1 aliphatic heterocycles. The molecule has 2 fully saturated rings. The molecule has 2 aromatic rings. The van der Waals surface area contributed by atoms with Gasteiger partial charge in [-0.15, -0.1) is 12.4 Å². The first-order chi connectivity index (χ1) is 12.6. The van der Waals surface area contributed by atoms with Crippen molar-refractivity contribution in [3.8, 4) is 0 Å². The molecule has 0 amide bonds. The van der Waals surface area contributed by atoms with E-state index in [0.29, 0.717) is 6.04 Å². The maximum atomic E-state index is 11.2. The smallest absolute Gasteiger partial charge is 0.309 e. The quantitative estimate of drug-likeness (QED) is 0.850. The van der Waals surface area contributed by atoms with E-state index in [2.05, 4.69) is 53.4 Å². The van der Waals surface area contributed by atoms with Crippen molar-refractivity contribution >= 4 is 18.4 Å². The number of carboxylic acids is 1. The van der Waals surface area contributed by atoms with Gasteiger partial charge in [0.05, 0.1) is 5.92 Å². The summed E-state index contributed by atoms with van der Waals surface area (Å²) in [6.07, 6.45) is 5.70. The van der Waals surface area contributed by atoms with Crippen LogP contribution in [0, 0.1) is 5.92 Å². The number of aliphatic carboxylic acids is 1. The van der Waals surface area contributed by atoms with Crippen molar-refractivity contribution in [1.82, 2.24) is 4.90 Å². The second-order valence-electron chi connectivity index (χ2n) is 8.45. The lowest BCUT2D eigenvalue weighted by Gasteiger charge is -2.42. The summed E-state index contributed by atoms with van der Waals surface area (Å²) in [5, 5.41) is 9.19. The van der Waals surface area contributed by atoms with Crippen LogP contribution in [0.1, 0.15) is 41.5 Å². The molecule has 3 aliphatic rings.